The summed E-state index contributed by atoms with van der Waals surface area (Å²) in [5.41, 5.74) is -0.410. The van der Waals surface area contributed by atoms with Crippen LogP contribution in [0.5, 0.6) is 0 Å². The Morgan fingerprint density at radius 1 is 1.28 bits per heavy atom. The van der Waals surface area contributed by atoms with Crippen LogP contribution in [-0.2, 0) is 4.74 Å². The van der Waals surface area contributed by atoms with Gasteiger partial charge in [0.05, 0.1) is 18.8 Å². The minimum atomic E-state index is -0.410. The Balaban J connectivity index is 1.86. The van der Waals surface area contributed by atoms with Crippen molar-refractivity contribution in [1.29, 1.82) is 5.26 Å². The second-order valence-electron chi connectivity index (χ2n) is 6.53. The highest BCUT2D eigenvalue weighted by molar-refractivity contribution is 5.17. The van der Waals surface area contributed by atoms with Crippen LogP contribution >= 0.6 is 0 Å². The summed E-state index contributed by atoms with van der Waals surface area (Å²) < 4.78 is 5.95. The molecule has 3 heteroatoms. The maximum atomic E-state index is 9.57. The number of nitriles is 1. The summed E-state index contributed by atoms with van der Waals surface area (Å²) in [5, 5.41) is 13.1. The Kier molecular flexibility index (Phi) is 4.29. The molecule has 102 valence electrons. The van der Waals surface area contributed by atoms with Crippen LogP contribution in [0.25, 0.3) is 0 Å². The highest BCUT2D eigenvalue weighted by atomic mass is 16.5. The summed E-state index contributed by atoms with van der Waals surface area (Å²) in [6.07, 6.45) is 6.10. The largest absolute Gasteiger partial charge is 0.375 e. The molecule has 0 bridgehead atoms. The molecular formula is C15H26N2O. The Labute approximate surface area is 111 Å². The van der Waals surface area contributed by atoms with Crippen molar-refractivity contribution in [3.05, 3.63) is 0 Å². The third kappa shape index (κ3) is 3.70. The molecule has 2 aliphatic rings. The van der Waals surface area contributed by atoms with Crippen LogP contribution in [-0.4, -0.2) is 24.3 Å². The fraction of sp³-hybridized carbons (Fsp3) is 0.933. The van der Waals surface area contributed by atoms with Gasteiger partial charge < -0.3 is 4.74 Å². The maximum Gasteiger partial charge on any atom is 0.133 e. The minimum absolute atomic E-state index is 0.248. The molecule has 0 aromatic carbocycles. The van der Waals surface area contributed by atoms with Gasteiger partial charge in [0.2, 0.25) is 0 Å². The van der Waals surface area contributed by atoms with E-state index in [4.69, 9.17) is 4.74 Å². The van der Waals surface area contributed by atoms with Gasteiger partial charge in [-0.15, -0.1) is 0 Å². The van der Waals surface area contributed by atoms with Crippen molar-refractivity contribution in [2.75, 3.05) is 6.61 Å². The van der Waals surface area contributed by atoms with Gasteiger partial charge in [0.15, 0.2) is 0 Å². The van der Waals surface area contributed by atoms with Crippen LogP contribution in [0, 0.1) is 23.2 Å². The molecule has 0 spiro atoms. The van der Waals surface area contributed by atoms with Crippen molar-refractivity contribution in [2.45, 2.75) is 70.6 Å². The third-order valence-corrected chi connectivity index (χ3v) is 3.91. The molecule has 0 aromatic rings. The van der Waals surface area contributed by atoms with Gasteiger partial charge in [-0.05, 0) is 50.9 Å². The van der Waals surface area contributed by atoms with Crippen molar-refractivity contribution in [2.24, 2.45) is 11.8 Å². The number of nitrogens with one attached hydrogen (secondary N) is 1. The van der Waals surface area contributed by atoms with Crippen molar-refractivity contribution < 1.29 is 4.74 Å². The van der Waals surface area contributed by atoms with E-state index in [1.165, 1.54) is 25.7 Å². The molecular weight excluding hydrogens is 224 g/mol. The smallest absolute Gasteiger partial charge is 0.133 e. The Hall–Kier alpha value is -0.590. The highest BCUT2D eigenvalue weighted by Gasteiger charge is 2.48. The van der Waals surface area contributed by atoms with Crippen LogP contribution in [0.15, 0.2) is 0 Å². The first-order chi connectivity index (χ1) is 8.55. The van der Waals surface area contributed by atoms with E-state index in [1.54, 1.807) is 0 Å². The van der Waals surface area contributed by atoms with E-state index < -0.39 is 5.54 Å². The van der Waals surface area contributed by atoms with Gasteiger partial charge in [-0.2, -0.15) is 5.26 Å². The van der Waals surface area contributed by atoms with Gasteiger partial charge in [-0.3, -0.25) is 5.32 Å². The molecule has 2 saturated carbocycles. The van der Waals surface area contributed by atoms with Crippen molar-refractivity contribution in [3.63, 3.8) is 0 Å². The topological polar surface area (TPSA) is 45.0 Å². The molecule has 2 rings (SSSR count). The van der Waals surface area contributed by atoms with E-state index in [9.17, 15) is 5.26 Å². The molecule has 0 heterocycles. The molecule has 0 aliphatic heterocycles. The van der Waals surface area contributed by atoms with Crippen molar-refractivity contribution in [1.82, 2.24) is 5.32 Å². The van der Waals surface area contributed by atoms with Gasteiger partial charge in [0.1, 0.15) is 5.54 Å². The zero-order valence-corrected chi connectivity index (χ0v) is 11.9. The normalized spacial score (nSPS) is 24.6. The predicted octanol–water partition coefficient (Wildman–Crippen LogP) is 2.86. The predicted molar refractivity (Wildman–Crippen MR) is 72.1 cm³/mol. The van der Waals surface area contributed by atoms with Crippen LogP contribution in [0.1, 0.15) is 52.9 Å². The lowest BCUT2D eigenvalue weighted by Gasteiger charge is -2.29. The van der Waals surface area contributed by atoms with E-state index in [1.807, 2.05) is 0 Å². The SMILES string of the molecule is CC(C)CC(C)OCC(C#N)(NC1CC1)C1CC1. The molecule has 2 aliphatic carbocycles. The van der Waals surface area contributed by atoms with Crippen molar-refractivity contribution in [3.8, 4) is 6.07 Å². The summed E-state index contributed by atoms with van der Waals surface area (Å²) >= 11 is 0. The number of rotatable bonds is 8. The lowest BCUT2D eigenvalue weighted by Crippen LogP contribution is -2.51. The summed E-state index contributed by atoms with van der Waals surface area (Å²) in [6.45, 7) is 7.09. The number of hydrogen-bond donors (Lipinski definition) is 1. The van der Waals surface area contributed by atoms with E-state index in [0.717, 1.165) is 6.42 Å². The first-order valence-electron chi connectivity index (χ1n) is 7.36. The molecule has 3 nitrogen and oxygen atoms in total. The van der Waals surface area contributed by atoms with Gasteiger partial charge in [0, 0.05) is 6.04 Å². The average Bonchev–Trinajstić information content (AvgIpc) is 3.13. The Morgan fingerprint density at radius 3 is 2.39 bits per heavy atom. The fourth-order valence-electron chi connectivity index (χ4n) is 2.61. The third-order valence-electron chi connectivity index (χ3n) is 3.91. The van der Waals surface area contributed by atoms with Gasteiger partial charge in [0.25, 0.3) is 0 Å². The minimum Gasteiger partial charge on any atom is -0.375 e. The zero-order chi connectivity index (χ0) is 13.2. The summed E-state index contributed by atoms with van der Waals surface area (Å²) in [4.78, 5) is 0. The quantitative estimate of drug-likeness (QED) is 0.720. The molecule has 2 atom stereocenters. The van der Waals surface area contributed by atoms with Crippen LogP contribution in [0.4, 0.5) is 0 Å². The fourth-order valence-corrected chi connectivity index (χ4v) is 2.61. The molecule has 0 saturated heterocycles. The summed E-state index contributed by atoms with van der Waals surface area (Å²) in [7, 11) is 0. The second-order valence-corrected chi connectivity index (χ2v) is 6.53. The number of ether oxygens (including phenoxy) is 1. The molecule has 2 fully saturated rings. The highest BCUT2D eigenvalue weighted by Crippen LogP contribution is 2.41. The van der Waals surface area contributed by atoms with Crippen LogP contribution < -0.4 is 5.32 Å². The lowest BCUT2D eigenvalue weighted by atomic mass is 9.95. The summed E-state index contributed by atoms with van der Waals surface area (Å²) in [5.74, 6) is 1.16. The molecule has 0 aromatic heterocycles. The van der Waals surface area contributed by atoms with Gasteiger partial charge >= 0.3 is 0 Å². The van der Waals surface area contributed by atoms with E-state index in [0.29, 0.717) is 24.5 Å². The Morgan fingerprint density at radius 2 is 1.94 bits per heavy atom. The lowest BCUT2D eigenvalue weighted by molar-refractivity contribution is 0.0167. The molecule has 0 radical (unpaired) electrons. The summed E-state index contributed by atoms with van der Waals surface area (Å²) in [6, 6.07) is 3.09. The standard InChI is InChI=1S/C15H26N2O/c1-11(2)8-12(3)18-10-15(9-16,13-4-5-13)17-14-6-7-14/h11-14,17H,4-8,10H2,1-3H3. The molecule has 0 amide bonds. The number of hydrogen-bond acceptors (Lipinski definition) is 3. The molecule has 1 N–H and O–H groups in total. The second kappa shape index (κ2) is 5.59. The van der Waals surface area contributed by atoms with Crippen LogP contribution in [0.3, 0.4) is 0 Å². The average molecular weight is 250 g/mol. The Bertz CT molecular complexity index is 315. The molecule has 18 heavy (non-hydrogen) atoms. The van der Waals surface area contributed by atoms with Gasteiger partial charge in [-0.1, -0.05) is 13.8 Å². The number of nitrogens with zero attached hydrogens (tertiary/aromatic N) is 1. The molecule has 2 unspecified atom stereocenters. The van der Waals surface area contributed by atoms with Gasteiger partial charge in [-0.25, -0.2) is 0 Å². The first-order valence-corrected chi connectivity index (χ1v) is 7.36. The van der Waals surface area contributed by atoms with Crippen molar-refractivity contribution >= 4 is 0 Å². The monoisotopic (exact) mass is 250 g/mol. The van der Waals surface area contributed by atoms with Crippen LogP contribution in [0.2, 0.25) is 0 Å². The van der Waals surface area contributed by atoms with E-state index in [2.05, 4.69) is 32.2 Å². The van der Waals surface area contributed by atoms with E-state index >= 15 is 0 Å². The first kappa shape index (κ1) is 13.8. The zero-order valence-electron chi connectivity index (χ0n) is 11.9. The maximum absolute atomic E-state index is 9.57. The van der Waals surface area contributed by atoms with E-state index in [-0.39, 0.29) is 6.10 Å².